The number of hydrogen-bond donors (Lipinski definition) is 3. The number of fused-ring (bicyclic) bond motifs is 1. The fourth-order valence-electron chi connectivity index (χ4n) is 9.07. The van der Waals surface area contributed by atoms with Gasteiger partial charge in [0.15, 0.2) is 0 Å². The van der Waals surface area contributed by atoms with Crippen LogP contribution in [0.5, 0.6) is 0 Å². The molecule has 0 bridgehead atoms. The van der Waals surface area contributed by atoms with Crippen molar-refractivity contribution in [2.45, 2.75) is 63.1 Å². The fraction of sp³-hybridized carbons (Fsp3) is 0.340. The molecule has 3 aliphatic heterocycles. The number of ether oxygens (including phenoxy) is 2. The molecule has 3 unspecified atom stereocenters. The van der Waals surface area contributed by atoms with Gasteiger partial charge in [0.1, 0.15) is 17.7 Å². The van der Waals surface area contributed by atoms with Crippen LogP contribution in [-0.2, 0) is 25.5 Å². The molecule has 0 radical (unpaired) electrons. The van der Waals surface area contributed by atoms with E-state index in [-0.39, 0.29) is 29.8 Å². The standard InChI is InChI=1S/C47H49N7O5/c1-58-47(57)52-43(33-19-23-59-24-20-33)46(56)54-22-6-10-41(54)45-49-29-39(51-45)37-18-17-35-26-34(15-16-36(35)27-37)31-11-13-32(14-12-31)38-28-48-44(50-38)40-9-5-21-53(40)42(55)25-30-7-3-2-4-8-30/h2-4,7-8,11-18,26-29,33,40-41,43H,5-6,9-10,19-25H2,1H3,(H,48,50)(H,49,51)(H,52,57). The molecule has 0 spiro atoms. The maximum atomic E-state index is 14.0. The quantitative estimate of drug-likeness (QED) is 0.128. The predicted molar refractivity (Wildman–Crippen MR) is 225 cm³/mol. The first-order chi connectivity index (χ1) is 28.9. The normalized spacial score (nSPS) is 18.9. The summed E-state index contributed by atoms with van der Waals surface area (Å²) in [5, 5.41) is 5.06. The highest BCUT2D eigenvalue weighted by molar-refractivity contribution is 5.91. The Morgan fingerprint density at radius 2 is 1.31 bits per heavy atom. The Hall–Kier alpha value is -6.27. The summed E-state index contributed by atoms with van der Waals surface area (Å²) in [5.41, 5.74) is 7.13. The number of rotatable bonds is 10. The largest absolute Gasteiger partial charge is 0.453 e. The molecular formula is C47H49N7O5. The van der Waals surface area contributed by atoms with E-state index in [0.29, 0.717) is 39.0 Å². The van der Waals surface area contributed by atoms with Gasteiger partial charge in [-0.3, -0.25) is 9.59 Å². The highest BCUT2D eigenvalue weighted by Crippen LogP contribution is 2.36. The van der Waals surface area contributed by atoms with Crippen LogP contribution in [0.1, 0.15) is 67.8 Å². The topological polar surface area (TPSA) is 146 Å². The Labute approximate surface area is 343 Å². The highest BCUT2D eigenvalue weighted by atomic mass is 16.5. The van der Waals surface area contributed by atoms with E-state index in [1.165, 1.54) is 7.11 Å². The molecule has 3 atom stereocenters. The van der Waals surface area contributed by atoms with Gasteiger partial charge in [-0.15, -0.1) is 0 Å². The predicted octanol–water partition coefficient (Wildman–Crippen LogP) is 8.01. The van der Waals surface area contributed by atoms with Crippen LogP contribution < -0.4 is 5.32 Å². The zero-order chi connectivity index (χ0) is 40.3. The number of likely N-dealkylation sites (tertiary alicyclic amines) is 2. The maximum absolute atomic E-state index is 14.0. The number of nitrogens with one attached hydrogen (secondary N) is 3. The molecule has 302 valence electrons. The van der Waals surface area contributed by atoms with E-state index in [2.05, 4.69) is 75.9 Å². The van der Waals surface area contributed by atoms with Crippen molar-refractivity contribution in [2.75, 3.05) is 33.4 Å². The molecule has 4 aromatic carbocycles. The Morgan fingerprint density at radius 1 is 0.729 bits per heavy atom. The first-order valence-electron chi connectivity index (χ1n) is 20.7. The number of aromatic amines is 2. The van der Waals surface area contributed by atoms with Crippen LogP contribution >= 0.6 is 0 Å². The number of alkyl carbamates (subject to hydrolysis) is 1. The minimum absolute atomic E-state index is 0.0178. The molecular weight excluding hydrogens is 743 g/mol. The maximum Gasteiger partial charge on any atom is 0.407 e. The first-order valence-corrected chi connectivity index (χ1v) is 20.7. The molecule has 3 fully saturated rings. The molecule has 12 nitrogen and oxygen atoms in total. The van der Waals surface area contributed by atoms with E-state index in [1.54, 1.807) is 0 Å². The monoisotopic (exact) mass is 791 g/mol. The van der Waals surface area contributed by atoms with Crippen LogP contribution in [0.2, 0.25) is 0 Å². The zero-order valence-electron chi connectivity index (χ0n) is 33.2. The van der Waals surface area contributed by atoms with E-state index < -0.39 is 12.1 Å². The zero-order valence-corrected chi connectivity index (χ0v) is 33.2. The SMILES string of the molecule is COC(=O)NC(C(=O)N1CCCC1c1ncc(-c2ccc3cc(-c4ccc(-c5cnc(C6CCCN6C(=O)Cc6ccccc6)[nH]5)cc4)ccc3c2)[nH]1)C1CCOCC1. The molecule has 59 heavy (non-hydrogen) atoms. The second-order valence-corrected chi connectivity index (χ2v) is 15.9. The van der Waals surface area contributed by atoms with Crippen molar-refractivity contribution in [3.05, 3.63) is 121 Å². The molecule has 0 aliphatic carbocycles. The molecule has 12 heteroatoms. The lowest BCUT2D eigenvalue weighted by Crippen LogP contribution is -2.53. The molecule has 3 amide bonds. The molecule has 3 saturated heterocycles. The van der Waals surface area contributed by atoms with Gasteiger partial charge in [0.25, 0.3) is 0 Å². The van der Waals surface area contributed by atoms with Gasteiger partial charge in [0.05, 0.1) is 49.4 Å². The Bertz CT molecular complexity index is 2440. The van der Waals surface area contributed by atoms with Crippen LogP contribution in [0.3, 0.4) is 0 Å². The van der Waals surface area contributed by atoms with Gasteiger partial charge < -0.3 is 34.6 Å². The van der Waals surface area contributed by atoms with Crippen molar-refractivity contribution >= 4 is 28.7 Å². The van der Waals surface area contributed by atoms with Gasteiger partial charge in [-0.25, -0.2) is 14.8 Å². The van der Waals surface area contributed by atoms with Crippen LogP contribution in [0.15, 0.2) is 103 Å². The second kappa shape index (κ2) is 16.9. The second-order valence-electron chi connectivity index (χ2n) is 15.9. The average Bonchev–Trinajstić information content (AvgIpc) is 4.13. The molecule has 6 aromatic rings. The van der Waals surface area contributed by atoms with E-state index in [1.807, 2.05) is 52.5 Å². The third-order valence-electron chi connectivity index (χ3n) is 12.3. The number of imidazole rings is 2. The van der Waals surface area contributed by atoms with Gasteiger partial charge in [0, 0.05) is 31.9 Å². The van der Waals surface area contributed by atoms with Gasteiger partial charge in [0.2, 0.25) is 11.8 Å². The number of H-pyrrole nitrogens is 2. The van der Waals surface area contributed by atoms with Gasteiger partial charge in [-0.05, 0) is 89.6 Å². The Morgan fingerprint density at radius 3 is 1.98 bits per heavy atom. The summed E-state index contributed by atoms with van der Waals surface area (Å²) < 4.78 is 10.4. The van der Waals surface area contributed by atoms with Crippen LogP contribution in [-0.4, -0.2) is 87.1 Å². The van der Waals surface area contributed by atoms with Gasteiger partial charge in [-0.2, -0.15) is 0 Å². The first kappa shape index (κ1) is 38.3. The lowest BCUT2D eigenvalue weighted by Gasteiger charge is -2.34. The van der Waals surface area contributed by atoms with E-state index in [9.17, 15) is 14.4 Å². The summed E-state index contributed by atoms with van der Waals surface area (Å²) in [7, 11) is 1.32. The third kappa shape index (κ3) is 8.09. The van der Waals surface area contributed by atoms with Crippen molar-refractivity contribution in [1.29, 1.82) is 0 Å². The lowest BCUT2D eigenvalue weighted by atomic mass is 9.90. The molecule has 2 aromatic heterocycles. The van der Waals surface area contributed by atoms with Crippen LogP contribution in [0.4, 0.5) is 4.79 Å². The minimum Gasteiger partial charge on any atom is -0.453 e. The van der Waals surface area contributed by atoms with Crippen molar-refractivity contribution < 1.29 is 23.9 Å². The van der Waals surface area contributed by atoms with Crippen LogP contribution in [0, 0.1) is 5.92 Å². The summed E-state index contributed by atoms with van der Waals surface area (Å²) >= 11 is 0. The molecule has 5 heterocycles. The minimum atomic E-state index is -0.674. The van der Waals surface area contributed by atoms with Crippen LogP contribution in [0.25, 0.3) is 44.4 Å². The van der Waals surface area contributed by atoms with Crippen molar-refractivity contribution in [3.63, 3.8) is 0 Å². The number of methoxy groups -OCH3 is 1. The summed E-state index contributed by atoms with van der Waals surface area (Å²) in [6.07, 6.45) is 8.43. The molecule has 9 rings (SSSR count). The number of carbonyl (C=O) groups is 3. The summed E-state index contributed by atoms with van der Waals surface area (Å²) in [6, 6.07) is 30.4. The number of amides is 3. The smallest absolute Gasteiger partial charge is 0.407 e. The molecule has 0 saturated carbocycles. The number of hydrogen-bond acceptors (Lipinski definition) is 7. The van der Waals surface area contributed by atoms with E-state index in [4.69, 9.17) is 19.4 Å². The van der Waals surface area contributed by atoms with Crippen molar-refractivity contribution in [3.8, 4) is 33.6 Å². The summed E-state index contributed by atoms with van der Waals surface area (Å²) in [5.74, 6) is 1.60. The summed E-state index contributed by atoms with van der Waals surface area (Å²) in [4.78, 5) is 59.9. The van der Waals surface area contributed by atoms with Gasteiger partial charge >= 0.3 is 6.09 Å². The number of carbonyl (C=O) groups excluding carboxylic acids is 3. The average molecular weight is 792 g/mol. The highest BCUT2D eigenvalue weighted by Gasteiger charge is 2.40. The number of aromatic nitrogens is 4. The molecule has 3 aliphatic rings. The third-order valence-corrected chi connectivity index (χ3v) is 12.3. The van der Waals surface area contributed by atoms with Crippen molar-refractivity contribution in [1.82, 2.24) is 35.1 Å². The van der Waals surface area contributed by atoms with E-state index in [0.717, 1.165) is 93.9 Å². The Kier molecular flexibility index (Phi) is 11.0. The van der Waals surface area contributed by atoms with Gasteiger partial charge in [-0.1, -0.05) is 78.9 Å². The fourth-order valence-corrected chi connectivity index (χ4v) is 9.07. The lowest BCUT2D eigenvalue weighted by molar-refractivity contribution is -0.137. The Balaban J connectivity index is 0.865. The van der Waals surface area contributed by atoms with E-state index >= 15 is 0 Å². The summed E-state index contributed by atoms with van der Waals surface area (Å²) in [6.45, 7) is 2.49. The molecule has 3 N–H and O–H groups in total. The van der Waals surface area contributed by atoms with Crippen molar-refractivity contribution in [2.24, 2.45) is 5.92 Å². The number of benzene rings is 4. The number of nitrogens with zero attached hydrogens (tertiary/aromatic N) is 4.